The van der Waals surface area contributed by atoms with E-state index in [0.29, 0.717) is 5.82 Å². The van der Waals surface area contributed by atoms with E-state index in [0.717, 1.165) is 11.5 Å². The van der Waals surface area contributed by atoms with Crippen molar-refractivity contribution in [3.8, 4) is 0 Å². The van der Waals surface area contributed by atoms with E-state index < -0.39 is 0 Å². The average molecular weight is 261 g/mol. The number of nitrogens with one attached hydrogen (secondary N) is 2. The van der Waals surface area contributed by atoms with E-state index in [4.69, 9.17) is 0 Å². The van der Waals surface area contributed by atoms with Gasteiger partial charge in [-0.3, -0.25) is 4.79 Å². The van der Waals surface area contributed by atoms with Crippen LogP contribution in [0.3, 0.4) is 0 Å². The molecule has 0 aromatic carbocycles. The lowest BCUT2D eigenvalue weighted by atomic mass is 10.0. The molecule has 2 N–H and O–H groups in total. The maximum Gasteiger partial charge on any atom is 0.287 e. The van der Waals surface area contributed by atoms with Gasteiger partial charge in [0.15, 0.2) is 5.82 Å². The topological polar surface area (TPSA) is 75.6 Å². The molecule has 6 nitrogen and oxygen atoms in total. The van der Waals surface area contributed by atoms with Crippen LogP contribution in [0.4, 0.5) is 0 Å². The van der Waals surface area contributed by atoms with E-state index in [1.807, 2.05) is 38.6 Å². The van der Waals surface area contributed by atoms with Crippen molar-refractivity contribution in [2.24, 2.45) is 13.0 Å². The Morgan fingerprint density at radius 2 is 2.16 bits per heavy atom. The molecule has 0 fully saturated rings. The number of carbonyl (C=O) groups excluding carboxylic acids is 1. The number of amides is 1. The van der Waals surface area contributed by atoms with Crippen molar-refractivity contribution in [1.82, 2.24) is 24.8 Å². The summed E-state index contributed by atoms with van der Waals surface area (Å²) < 4.78 is 1.92. The van der Waals surface area contributed by atoms with Crippen LogP contribution < -0.4 is 5.32 Å². The van der Waals surface area contributed by atoms with Gasteiger partial charge in [0.2, 0.25) is 0 Å². The molecule has 0 aliphatic heterocycles. The fraction of sp³-hybridized carbons (Fsp3) is 0.462. The number of aromatic nitrogens is 4. The summed E-state index contributed by atoms with van der Waals surface area (Å²) in [7, 11) is 1.92. The van der Waals surface area contributed by atoms with Gasteiger partial charge in [-0.25, -0.2) is 9.97 Å². The van der Waals surface area contributed by atoms with Crippen LogP contribution in [0, 0.1) is 12.8 Å². The Balaban J connectivity index is 2.18. The summed E-state index contributed by atoms with van der Waals surface area (Å²) >= 11 is 0. The highest BCUT2D eigenvalue weighted by Crippen LogP contribution is 2.19. The molecule has 0 bridgehead atoms. The van der Waals surface area contributed by atoms with E-state index >= 15 is 0 Å². The van der Waals surface area contributed by atoms with Crippen molar-refractivity contribution in [2.75, 3.05) is 0 Å². The summed E-state index contributed by atoms with van der Waals surface area (Å²) in [6.07, 6.45) is 5.24. The van der Waals surface area contributed by atoms with Crippen LogP contribution in [0.25, 0.3) is 0 Å². The molecule has 102 valence electrons. The van der Waals surface area contributed by atoms with Crippen molar-refractivity contribution in [1.29, 1.82) is 0 Å². The number of H-pyrrole nitrogens is 1. The largest absolute Gasteiger partial charge is 0.339 e. The minimum atomic E-state index is -0.213. The number of carbonyl (C=O) groups is 1. The lowest BCUT2D eigenvalue weighted by molar-refractivity contribution is 0.0912. The summed E-state index contributed by atoms with van der Waals surface area (Å²) in [5.41, 5.74) is 0.864. The van der Waals surface area contributed by atoms with Crippen LogP contribution in [0.1, 0.15) is 42.0 Å². The summed E-state index contributed by atoms with van der Waals surface area (Å²) in [5, 5.41) is 2.97. The first kappa shape index (κ1) is 13.3. The second-order valence-corrected chi connectivity index (χ2v) is 5.01. The second-order valence-electron chi connectivity index (χ2n) is 5.01. The molecule has 2 heterocycles. The molecule has 0 saturated heterocycles. The normalized spacial score (nSPS) is 12.7. The predicted molar refractivity (Wildman–Crippen MR) is 71.6 cm³/mol. The van der Waals surface area contributed by atoms with Crippen LogP contribution >= 0.6 is 0 Å². The Morgan fingerprint density at radius 1 is 1.42 bits per heavy atom. The molecule has 1 unspecified atom stereocenters. The fourth-order valence-corrected chi connectivity index (χ4v) is 1.94. The monoisotopic (exact) mass is 261 g/mol. The summed E-state index contributed by atoms with van der Waals surface area (Å²) in [4.78, 5) is 23.4. The Bertz CT molecular complexity index is 569. The van der Waals surface area contributed by atoms with Gasteiger partial charge in [-0.05, 0) is 12.8 Å². The van der Waals surface area contributed by atoms with Crippen molar-refractivity contribution >= 4 is 5.91 Å². The number of rotatable bonds is 4. The number of hydrogen-bond acceptors (Lipinski definition) is 3. The van der Waals surface area contributed by atoms with E-state index in [-0.39, 0.29) is 17.9 Å². The number of nitrogens with zero attached hydrogens (tertiary/aromatic N) is 3. The SMILES string of the molecule is Cc1cnc(C(=O)NC(c2nccn2C)C(C)C)[nH]1. The minimum absolute atomic E-state index is 0.141. The maximum atomic E-state index is 12.1. The smallest absolute Gasteiger partial charge is 0.287 e. The highest BCUT2D eigenvalue weighted by atomic mass is 16.2. The average Bonchev–Trinajstić information content (AvgIpc) is 2.94. The molecule has 2 rings (SSSR count). The summed E-state index contributed by atoms with van der Waals surface area (Å²) in [6, 6.07) is -0.141. The highest BCUT2D eigenvalue weighted by molar-refractivity contribution is 5.90. The van der Waals surface area contributed by atoms with Crippen LogP contribution in [0.5, 0.6) is 0 Å². The first-order valence-electron chi connectivity index (χ1n) is 6.28. The van der Waals surface area contributed by atoms with E-state index in [1.165, 1.54) is 0 Å². The third-order valence-corrected chi connectivity index (χ3v) is 3.01. The number of aryl methyl sites for hydroxylation is 2. The Kier molecular flexibility index (Phi) is 3.69. The first-order valence-corrected chi connectivity index (χ1v) is 6.28. The van der Waals surface area contributed by atoms with Gasteiger partial charge in [0.05, 0.1) is 6.04 Å². The zero-order valence-corrected chi connectivity index (χ0v) is 11.6. The number of aromatic amines is 1. The molecule has 19 heavy (non-hydrogen) atoms. The number of imidazole rings is 2. The molecule has 2 aromatic rings. The molecule has 0 aliphatic rings. The van der Waals surface area contributed by atoms with Gasteiger partial charge in [0.1, 0.15) is 5.82 Å². The fourth-order valence-electron chi connectivity index (χ4n) is 1.94. The molecule has 0 radical (unpaired) electrons. The standard InChI is InChI=1S/C13H19N5O/c1-8(2)10(12-14-5-6-18(12)4)17-13(19)11-15-7-9(3)16-11/h5-8,10H,1-4H3,(H,15,16)(H,17,19). The third kappa shape index (κ3) is 2.83. The second kappa shape index (κ2) is 5.26. The van der Waals surface area contributed by atoms with Crippen molar-refractivity contribution in [2.45, 2.75) is 26.8 Å². The first-order chi connectivity index (χ1) is 8.99. The van der Waals surface area contributed by atoms with Gasteiger partial charge in [-0.2, -0.15) is 0 Å². The molecular formula is C13H19N5O. The quantitative estimate of drug-likeness (QED) is 0.877. The Morgan fingerprint density at radius 3 is 2.63 bits per heavy atom. The molecule has 6 heteroatoms. The van der Waals surface area contributed by atoms with Crippen LogP contribution in [-0.4, -0.2) is 25.4 Å². The molecule has 2 aromatic heterocycles. The highest BCUT2D eigenvalue weighted by Gasteiger charge is 2.23. The summed E-state index contributed by atoms with van der Waals surface area (Å²) in [5.74, 6) is 1.19. The van der Waals surface area contributed by atoms with Gasteiger partial charge in [-0.15, -0.1) is 0 Å². The van der Waals surface area contributed by atoms with E-state index in [2.05, 4.69) is 20.3 Å². The van der Waals surface area contributed by atoms with E-state index in [9.17, 15) is 4.79 Å². The van der Waals surface area contributed by atoms with Crippen molar-refractivity contribution in [3.05, 3.63) is 35.9 Å². The van der Waals surface area contributed by atoms with Crippen molar-refractivity contribution in [3.63, 3.8) is 0 Å². The molecule has 1 amide bonds. The zero-order valence-electron chi connectivity index (χ0n) is 11.6. The lowest BCUT2D eigenvalue weighted by Gasteiger charge is -2.21. The van der Waals surface area contributed by atoms with Gasteiger partial charge in [-0.1, -0.05) is 13.8 Å². The van der Waals surface area contributed by atoms with Gasteiger partial charge in [0, 0.05) is 31.3 Å². The molecule has 0 spiro atoms. The molecule has 0 saturated carbocycles. The Labute approximate surface area is 112 Å². The van der Waals surface area contributed by atoms with Gasteiger partial charge in [0.25, 0.3) is 5.91 Å². The minimum Gasteiger partial charge on any atom is -0.339 e. The zero-order chi connectivity index (χ0) is 14.0. The van der Waals surface area contributed by atoms with E-state index in [1.54, 1.807) is 12.4 Å². The maximum absolute atomic E-state index is 12.1. The van der Waals surface area contributed by atoms with Gasteiger partial charge < -0.3 is 14.9 Å². The van der Waals surface area contributed by atoms with Crippen LogP contribution in [0.15, 0.2) is 18.6 Å². The predicted octanol–water partition coefficient (Wildman–Crippen LogP) is 1.58. The van der Waals surface area contributed by atoms with Gasteiger partial charge >= 0.3 is 0 Å². The van der Waals surface area contributed by atoms with Crippen LogP contribution in [-0.2, 0) is 7.05 Å². The third-order valence-electron chi connectivity index (χ3n) is 3.01. The van der Waals surface area contributed by atoms with Crippen LogP contribution in [0.2, 0.25) is 0 Å². The lowest BCUT2D eigenvalue weighted by Crippen LogP contribution is -2.34. The van der Waals surface area contributed by atoms with Crippen molar-refractivity contribution < 1.29 is 4.79 Å². The molecule has 0 aliphatic carbocycles. The summed E-state index contributed by atoms with van der Waals surface area (Å²) in [6.45, 7) is 5.96. The molecular weight excluding hydrogens is 242 g/mol. The Hall–Kier alpha value is -2.11. The number of hydrogen-bond donors (Lipinski definition) is 2. The molecule has 1 atom stereocenters.